The van der Waals surface area contributed by atoms with E-state index in [-0.39, 0.29) is 24.1 Å². The summed E-state index contributed by atoms with van der Waals surface area (Å²) in [6.45, 7) is -0.0950. The van der Waals surface area contributed by atoms with Crippen molar-refractivity contribution >= 4 is 52.2 Å². The maximum absolute atomic E-state index is 12.0. The second-order valence-corrected chi connectivity index (χ2v) is 9.52. The zero-order valence-corrected chi connectivity index (χ0v) is 22.2. The average Bonchev–Trinajstić information content (AvgIpc) is 3.55. The number of methoxy groups -OCH3 is 1. The van der Waals surface area contributed by atoms with Crippen LogP contribution in [-0.2, 0) is 9.53 Å². The molecule has 1 fully saturated rings. The van der Waals surface area contributed by atoms with Gasteiger partial charge in [-0.25, -0.2) is 4.79 Å². The summed E-state index contributed by atoms with van der Waals surface area (Å²) < 4.78 is 11.2. The lowest BCUT2D eigenvalue weighted by atomic mass is 10.0. The summed E-state index contributed by atoms with van der Waals surface area (Å²) in [6, 6.07) is 20.2. The van der Waals surface area contributed by atoms with Gasteiger partial charge < -0.3 is 29.8 Å². The highest BCUT2D eigenvalue weighted by atomic mass is 35.5. The van der Waals surface area contributed by atoms with Crippen LogP contribution in [0.4, 0.5) is 11.4 Å². The number of carbonyl (C=O) groups is 2. The number of aromatic carboxylic acids is 1. The fourth-order valence-electron chi connectivity index (χ4n) is 4.47. The molecule has 2 aromatic heterocycles. The number of nitrogens with zero attached hydrogens (tertiary/aromatic N) is 2. The third-order valence-electron chi connectivity index (χ3n) is 6.19. The van der Waals surface area contributed by atoms with Crippen molar-refractivity contribution in [2.45, 2.75) is 12.1 Å². The highest BCUT2D eigenvalue weighted by Gasteiger charge is 2.42. The Hall–Kier alpha value is -4.25. The summed E-state index contributed by atoms with van der Waals surface area (Å²) in [7, 11) is 1.44. The van der Waals surface area contributed by atoms with Crippen LogP contribution >= 0.6 is 23.8 Å². The Morgan fingerprint density at radius 1 is 1.15 bits per heavy atom. The van der Waals surface area contributed by atoms with Gasteiger partial charge in [0.15, 0.2) is 5.11 Å². The Balaban J connectivity index is 1.54. The molecule has 198 valence electrons. The van der Waals surface area contributed by atoms with Gasteiger partial charge in [0.2, 0.25) is 5.91 Å². The number of nitrogens with one attached hydrogen (secondary N) is 2. The van der Waals surface area contributed by atoms with Gasteiger partial charge in [0.05, 0.1) is 28.0 Å². The third kappa shape index (κ3) is 5.49. The fourth-order valence-corrected chi connectivity index (χ4v) is 5.03. The molecule has 0 radical (unpaired) electrons. The third-order valence-corrected chi connectivity index (χ3v) is 6.82. The maximum atomic E-state index is 12.0. The van der Waals surface area contributed by atoms with Crippen molar-refractivity contribution in [2.24, 2.45) is 0 Å². The van der Waals surface area contributed by atoms with E-state index in [9.17, 15) is 14.7 Å². The van der Waals surface area contributed by atoms with E-state index in [1.54, 1.807) is 48.7 Å². The lowest BCUT2D eigenvalue weighted by Crippen LogP contribution is -2.29. The van der Waals surface area contributed by atoms with Crippen LogP contribution in [0.3, 0.4) is 0 Å². The van der Waals surface area contributed by atoms with Crippen LogP contribution in [0.2, 0.25) is 5.02 Å². The minimum atomic E-state index is -1.02. The summed E-state index contributed by atoms with van der Waals surface area (Å²) in [4.78, 5) is 29.9. The number of pyridine rings is 1. The summed E-state index contributed by atoms with van der Waals surface area (Å²) in [6.07, 6.45) is 1.71. The Morgan fingerprint density at radius 3 is 2.72 bits per heavy atom. The molecule has 11 heteroatoms. The molecule has 3 N–H and O–H groups in total. The topological polar surface area (TPSA) is 117 Å². The average molecular weight is 563 g/mol. The summed E-state index contributed by atoms with van der Waals surface area (Å²) in [5, 5.41) is 16.2. The molecule has 0 bridgehead atoms. The molecule has 39 heavy (non-hydrogen) atoms. The molecule has 0 spiro atoms. The highest BCUT2D eigenvalue weighted by molar-refractivity contribution is 7.80. The van der Waals surface area contributed by atoms with Crippen LogP contribution in [0, 0.1) is 0 Å². The van der Waals surface area contributed by atoms with Gasteiger partial charge in [-0.15, -0.1) is 0 Å². The van der Waals surface area contributed by atoms with Gasteiger partial charge in [0.1, 0.15) is 24.2 Å². The first-order chi connectivity index (χ1) is 18.9. The van der Waals surface area contributed by atoms with E-state index in [0.717, 1.165) is 5.69 Å². The zero-order chi connectivity index (χ0) is 27.5. The lowest BCUT2D eigenvalue weighted by molar-refractivity contribution is -0.119. The molecule has 1 aliphatic rings. The zero-order valence-electron chi connectivity index (χ0n) is 20.6. The molecule has 4 aromatic rings. The molecule has 1 aliphatic heterocycles. The molecule has 2 unspecified atom stereocenters. The summed E-state index contributed by atoms with van der Waals surface area (Å²) in [5.41, 5.74) is 2.67. The number of rotatable bonds is 8. The molecule has 1 amide bonds. The van der Waals surface area contributed by atoms with Crippen LogP contribution in [0.15, 0.2) is 83.4 Å². The number of thiocarbonyl (C=S) groups is 1. The maximum Gasteiger partial charge on any atom is 0.335 e. The Labute approximate surface area is 234 Å². The molecule has 1 saturated heterocycles. The van der Waals surface area contributed by atoms with Gasteiger partial charge in [-0.3, -0.25) is 9.78 Å². The number of hydrogen-bond acceptors (Lipinski definition) is 6. The van der Waals surface area contributed by atoms with E-state index in [1.165, 1.54) is 13.2 Å². The number of carboxylic acids is 1. The van der Waals surface area contributed by atoms with Gasteiger partial charge in [-0.05, 0) is 66.8 Å². The molecular weight excluding hydrogens is 540 g/mol. The monoisotopic (exact) mass is 562 g/mol. The van der Waals surface area contributed by atoms with Crippen molar-refractivity contribution in [2.75, 3.05) is 23.9 Å². The predicted molar refractivity (Wildman–Crippen MR) is 151 cm³/mol. The van der Waals surface area contributed by atoms with Crippen LogP contribution in [0.25, 0.3) is 11.3 Å². The SMILES string of the molecule is COCC(=O)Nc1ccc(N2C(=S)NC(c3ccccn3)C2c2ccc(-c3cccc(C(=O)O)c3)o2)cc1Cl. The second-order valence-electron chi connectivity index (χ2n) is 8.73. The van der Waals surface area contributed by atoms with E-state index >= 15 is 0 Å². The van der Waals surface area contributed by atoms with E-state index in [4.69, 9.17) is 33.0 Å². The first-order valence-electron chi connectivity index (χ1n) is 11.9. The van der Waals surface area contributed by atoms with Crippen molar-refractivity contribution in [3.8, 4) is 11.3 Å². The number of anilines is 2. The van der Waals surface area contributed by atoms with Crippen LogP contribution in [-0.4, -0.2) is 40.8 Å². The molecule has 5 rings (SSSR count). The number of carboxylic acid groups (broad SMARTS) is 1. The van der Waals surface area contributed by atoms with Gasteiger partial charge in [0.25, 0.3) is 0 Å². The molecule has 9 nitrogen and oxygen atoms in total. The first-order valence-corrected chi connectivity index (χ1v) is 12.7. The van der Waals surface area contributed by atoms with Crippen LogP contribution in [0.5, 0.6) is 0 Å². The number of hydrogen-bond donors (Lipinski definition) is 3. The fraction of sp³-hybridized carbons (Fsp3) is 0.143. The van der Waals surface area contributed by atoms with Crippen molar-refractivity contribution in [3.63, 3.8) is 0 Å². The Bertz CT molecular complexity index is 1540. The minimum Gasteiger partial charge on any atom is -0.478 e. The summed E-state index contributed by atoms with van der Waals surface area (Å²) in [5.74, 6) is -0.245. The van der Waals surface area contributed by atoms with E-state index in [1.807, 2.05) is 29.2 Å². The first kappa shape index (κ1) is 26.4. The predicted octanol–water partition coefficient (Wildman–Crippen LogP) is 5.46. The number of halogens is 1. The number of benzene rings is 2. The minimum absolute atomic E-state index is 0.0950. The van der Waals surface area contributed by atoms with E-state index in [0.29, 0.717) is 38.6 Å². The molecule has 0 saturated carbocycles. The smallest absolute Gasteiger partial charge is 0.335 e. The molecule has 2 atom stereocenters. The molecule has 0 aliphatic carbocycles. The van der Waals surface area contributed by atoms with Gasteiger partial charge in [-0.1, -0.05) is 29.8 Å². The number of ether oxygens (including phenoxy) is 1. The van der Waals surface area contributed by atoms with Crippen molar-refractivity contribution in [3.05, 3.63) is 101 Å². The second kappa shape index (κ2) is 11.2. The van der Waals surface area contributed by atoms with Crippen LogP contribution < -0.4 is 15.5 Å². The number of aromatic nitrogens is 1. The normalized spacial score (nSPS) is 16.7. The van der Waals surface area contributed by atoms with E-state index < -0.39 is 12.0 Å². The number of amides is 1. The van der Waals surface area contributed by atoms with Crippen LogP contribution in [0.1, 0.15) is 33.9 Å². The van der Waals surface area contributed by atoms with Gasteiger partial charge in [0, 0.05) is 24.6 Å². The van der Waals surface area contributed by atoms with E-state index in [2.05, 4.69) is 15.6 Å². The van der Waals surface area contributed by atoms with Crippen molar-refractivity contribution < 1.29 is 23.8 Å². The number of furan rings is 1. The largest absolute Gasteiger partial charge is 0.478 e. The Kier molecular flexibility index (Phi) is 7.60. The van der Waals surface area contributed by atoms with Crippen molar-refractivity contribution in [1.82, 2.24) is 10.3 Å². The standard InChI is InChI=1S/C28H23ClN4O5S/c1-37-15-24(34)31-20-9-8-18(14-19(20)29)33-26(25(32-28(33)39)21-7-2-3-12-30-21)23-11-10-22(38-23)16-5-4-6-17(13-16)27(35)36/h2-14,25-26H,15H2,1H3,(H,31,34)(H,32,39)(H,35,36). The van der Waals surface area contributed by atoms with Gasteiger partial charge >= 0.3 is 5.97 Å². The summed E-state index contributed by atoms with van der Waals surface area (Å²) >= 11 is 12.3. The highest BCUT2D eigenvalue weighted by Crippen LogP contribution is 2.44. The molecule has 3 heterocycles. The number of carbonyl (C=O) groups excluding carboxylic acids is 1. The van der Waals surface area contributed by atoms with Gasteiger partial charge in [-0.2, -0.15) is 0 Å². The quantitative estimate of drug-likeness (QED) is 0.241. The Morgan fingerprint density at radius 2 is 2.00 bits per heavy atom. The van der Waals surface area contributed by atoms with Crippen molar-refractivity contribution in [1.29, 1.82) is 0 Å². The molecule has 2 aromatic carbocycles. The molecular formula is C28H23ClN4O5S. The lowest BCUT2D eigenvalue weighted by Gasteiger charge is -2.26.